The SMILES string of the molecule is CC[C@H](C)C(CO)NC(=O)[C@@H](C[C@H](O)[C@@H](N)CNC(C)(C)Cc1ccc(Cl)c(OCCCOC)c1)C(C)C. The molecule has 9 heteroatoms. The summed E-state index contributed by atoms with van der Waals surface area (Å²) in [6.45, 7) is 13.5. The topological polar surface area (TPSA) is 126 Å². The Hall–Kier alpha value is -1.42. The van der Waals surface area contributed by atoms with E-state index in [0.29, 0.717) is 37.0 Å². The summed E-state index contributed by atoms with van der Waals surface area (Å²) < 4.78 is 10.9. The van der Waals surface area contributed by atoms with Gasteiger partial charge in [0.25, 0.3) is 0 Å². The van der Waals surface area contributed by atoms with Gasteiger partial charge in [0.05, 0.1) is 30.4 Å². The zero-order valence-corrected chi connectivity index (χ0v) is 25.2. The Balaban J connectivity index is 2.70. The number of ether oxygens (including phenoxy) is 2. The number of carbonyl (C=O) groups is 1. The van der Waals surface area contributed by atoms with Crippen molar-refractivity contribution in [1.82, 2.24) is 10.6 Å². The lowest BCUT2D eigenvalue weighted by molar-refractivity contribution is -0.129. The number of carbonyl (C=O) groups excluding carboxylic acids is 1. The van der Waals surface area contributed by atoms with Crippen LogP contribution in [-0.2, 0) is 16.0 Å². The normalized spacial score (nSPS) is 16.1. The van der Waals surface area contributed by atoms with E-state index in [0.717, 1.165) is 18.4 Å². The number of benzene rings is 1. The third-order valence-electron chi connectivity index (χ3n) is 7.19. The Morgan fingerprint density at radius 2 is 1.89 bits per heavy atom. The summed E-state index contributed by atoms with van der Waals surface area (Å²) in [6.07, 6.45) is 1.74. The minimum Gasteiger partial charge on any atom is -0.492 e. The second-order valence-electron chi connectivity index (χ2n) is 11.4. The molecule has 0 fully saturated rings. The lowest BCUT2D eigenvalue weighted by Crippen LogP contribution is -2.52. The fourth-order valence-corrected chi connectivity index (χ4v) is 4.49. The summed E-state index contributed by atoms with van der Waals surface area (Å²) >= 11 is 6.31. The molecule has 0 bridgehead atoms. The van der Waals surface area contributed by atoms with Crippen LogP contribution in [0, 0.1) is 17.8 Å². The van der Waals surface area contributed by atoms with Crippen LogP contribution in [0.4, 0.5) is 0 Å². The third-order valence-corrected chi connectivity index (χ3v) is 7.51. The third kappa shape index (κ3) is 12.2. The minimum atomic E-state index is -0.852. The summed E-state index contributed by atoms with van der Waals surface area (Å²) in [6, 6.07) is 4.93. The van der Waals surface area contributed by atoms with Crippen LogP contribution >= 0.6 is 11.6 Å². The van der Waals surface area contributed by atoms with Gasteiger partial charge in [0, 0.05) is 44.2 Å². The second-order valence-corrected chi connectivity index (χ2v) is 11.8. The maximum Gasteiger partial charge on any atom is 0.223 e. The van der Waals surface area contributed by atoms with Crippen molar-refractivity contribution in [2.45, 2.75) is 91.0 Å². The minimum absolute atomic E-state index is 0.0216. The van der Waals surface area contributed by atoms with E-state index in [1.54, 1.807) is 7.11 Å². The highest BCUT2D eigenvalue weighted by atomic mass is 35.5. The Morgan fingerprint density at radius 1 is 1.21 bits per heavy atom. The molecule has 0 aliphatic carbocycles. The van der Waals surface area contributed by atoms with Crippen LogP contribution in [0.1, 0.15) is 66.4 Å². The molecule has 8 nitrogen and oxygen atoms in total. The van der Waals surface area contributed by atoms with E-state index in [-0.39, 0.29) is 42.4 Å². The number of aliphatic hydroxyl groups is 2. The maximum absolute atomic E-state index is 13.0. The van der Waals surface area contributed by atoms with Crippen LogP contribution < -0.4 is 21.1 Å². The van der Waals surface area contributed by atoms with Crippen molar-refractivity contribution in [2.75, 3.05) is 33.5 Å². The summed E-state index contributed by atoms with van der Waals surface area (Å²) in [5, 5.41) is 27.6. The van der Waals surface area contributed by atoms with E-state index in [1.165, 1.54) is 0 Å². The number of nitrogens with two attached hydrogens (primary N) is 1. The van der Waals surface area contributed by atoms with Crippen LogP contribution in [0.2, 0.25) is 5.02 Å². The second kappa shape index (κ2) is 17.3. The predicted octanol–water partition coefficient (Wildman–Crippen LogP) is 3.54. The van der Waals surface area contributed by atoms with Gasteiger partial charge in [-0.1, -0.05) is 51.8 Å². The van der Waals surface area contributed by atoms with Crippen LogP contribution in [0.5, 0.6) is 5.75 Å². The number of methoxy groups -OCH3 is 1. The number of halogens is 1. The molecule has 38 heavy (non-hydrogen) atoms. The fourth-order valence-electron chi connectivity index (χ4n) is 4.32. The Labute approximate surface area is 235 Å². The van der Waals surface area contributed by atoms with Gasteiger partial charge >= 0.3 is 0 Å². The zero-order chi connectivity index (χ0) is 28.9. The highest BCUT2D eigenvalue weighted by Crippen LogP contribution is 2.27. The van der Waals surface area contributed by atoms with Gasteiger partial charge in [-0.05, 0) is 56.2 Å². The Morgan fingerprint density at radius 3 is 2.47 bits per heavy atom. The molecule has 1 amide bonds. The molecule has 5 atom stereocenters. The first-order valence-corrected chi connectivity index (χ1v) is 14.2. The summed E-state index contributed by atoms with van der Waals surface area (Å²) in [5.74, 6) is 0.279. The van der Waals surface area contributed by atoms with Gasteiger partial charge in [0.1, 0.15) is 5.75 Å². The standard InChI is InChI=1S/C29H52ClN3O5/c1-8-20(4)25(18-34)33-28(36)22(19(2)3)15-26(35)24(31)17-32-29(5,6)16-21-10-11-23(30)27(14-21)38-13-9-12-37-7/h10-11,14,19-20,22,24-26,32,34-35H,8-9,12-13,15-18,31H2,1-7H3,(H,33,36)/t20-,22-,24-,25?,26-/m0/s1. The molecule has 0 aliphatic rings. The van der Waals surface area contributed by atoms with Gasteiger partial charge in [-0.25, -0.2) is 0 Å². The van der Waals surface area contributed by atoms with Crippen molar-refractivity contribution in [2.24, 2.45) is 23.5 Å². The van der Waals surface area contributed by atoms with Crippen molar-refractivity contribution >= 4 is 17.5 Å². The smallest absolute Gasteiger partial charge is 0.223 e. The van der Waals surface area contributed by atoms with Gasteiger partial charge in [0.2, 0.25) is 5.91 Å². The lowest BCUT2D eigenvalue weighted by Gasteiger charge is -2.32. The van der Waals surface area contributed by atoms with Crippen LogP contribution in [0.15, 0.2) is 18.2 Å². The molecular formula is C29H52ClN3O5. The van der Waals surface area contributed by atoms with Crippen LogP contribution in [-0.4, -0.2) is 73.3 Å². The number of rotatable bonds is 19. The van der Waals surface area contributed by atoms with Crippen LogP contribution in [0.25, 0.3) is 0 Å². The van der Waals surface area contributed by atoms with Crippen molar-refractivity contribution < 1.29 is 24.5 Å². The molecule has 0 saturated carbocycles. The van der Waals surface area contributed by atoms with E-state index in [2.05, 4.69) is 24.5 Å². The molecule has 1 aromatic rings. The van der Waals surface area contributed by atoms with Gasteiger partial charge in [-0.15, -0.1) is 0 Å². The van der Waals surface area contributed by atoms with Crippen molar-refractivity contribution in [3.05, 3.63) is 28.8 Å². The van der Waals surface area contributed by atoms with E-state index in [1.807, 2.05) is 45.9 Å². The fraction of sp³-hybridized carbons (Fsp3) is 0.759. The average molecular weight is 558 g/mol. The van der Waals surface area contributed by atoms with Crippen LogP contribution in [0.3, 0.4) is 0 Å². The molecule has 0 aliphatic heterocycles. The molecule has 0 radical (unpaired) electrons. The molecule has 1 unspecified atom stereocenters. The zero-order valence-electron chi connectivity index (χ0n) is 24.4. The summed E-state index contributed by atoms with van der Waals surface area (Å²) in [5.41, 5.74) is 7.12. The molecule has 1 aromatic carbocycles. The Kier molecular flexibility index (Phi) is 15.8. The quantitative estimate of drug-likeness (QED) is 0.165. The average Bonchev–Trinajstić information content (AvgIpc) is 2.87. The van der Waals surface area contributed by atoms with Gasteiger partial charge in [-0.2, -0.15) is 0 Å². The van der Waals surface area contributed by atoms with Gasteiger partial charge < -0.3 is 36.1 Å². The highest BCUT2D eigenvalue weighted by molar-refractivity contribution is 6.32. The molecule has 0 aromatic heterocycles. The number of hydrogen-bond donors (Lipinski definition) is 5. The largest absolute Gasteiger partial charge is 0.492 e. The first-order chi connectivity index (χ1) is 17.8. The number of amides is 1. The molecule has 0 saturated heterocycles. The lowest BCUT2D eigenvalue weighted by atomic mass is 9.86. The maximum atomic E-state index is 13.0. The number of hydrogen-bond acceptors (Lipinski definition) is 7. The summed E-state index contributed by atoms with van der Waals surface area (Å²) in [7, 11) is 1.66. The van der Waals surface area contributed by atoms with Crippen molar-refractivity contribution in [3.8, 4) is 5.75 Å². The van der Waals surface area contributed by atoms with Crippen molar-refractivity contribution in [3.63, 3.8) is 0 Å². The predicted molar refractivity (Wildman–Crippen MR) is 155 cm³/mol. The number of nitrogens with one attached hydrogen (secondary N) is 2. The molecule has 0 heterocycles. The first kappa shape index (κ1) is 34.6. The van der Waals surface area contributed by atoms with E-state index < -0.39 is 18.1 Å². The molecule has 0 spiro atoms. The van der Waals surface area contributed by atoms with E-state index in [9.17, 15) is 15.0 Å². The molecule has 220 valence electrons. The monoisotopic (exact) mass is 557 g/mol. The first-order valence-electron chi connectivity index (χ1n) is 13.8. The Bertz CT molecular complexity index is 823. The van der Waals surface area contributed by atoms with Gasteiger partial charge in [-0.3, -0.25) is 4.79 Å². The van der Waals surface area contributed by atoms with E-state index >= 15 is 0 Å². The molecule has 1 rings (SSSR count). The molecular weight excluding hydrogens is 506 g/mol. The van der Waals surface area contributed by atoms with E-state index in [4.69, 9.17) is 26.8 Å². The molecule has 6 N–H and O–H groups in total. The highest BCUT2D eigenvalue weighted by Gasteiger charge is 2.30. The van der Waals surface area contributed by atoms with Crippen molar-refractivity contribution in [1.29, 1.82) is 0 Å². The summed E-state index contributed by atoms with van der Waals surface area (Å²) in [4.78, 5) is 13.0. The number of aliphatic hydroxyl groups excluding tert-OH is 2. The van der Waals surface area contributed by atoms with Gasteiger partial charge in [0.15, 0.2) is 0 Å².